The summed E-state index contributed by atoms with van der Waals surface area (Å²) in [6.45, 7) is 1.16. The first-order valence-corrected chi connectivity index (χ1v) is 10.7. The maximum Gasteiger partial charge on any atom is 0.261 e. The van der Waals surface area contributed by atoms with Crippen LogP contribution in [0.5, 0.6) is 0 Å². The van der Waals surface area contributed by atoms with E-state index < -0.39 is 5.82 Å². The number of benzene rings is 2. The third-order valence-corrected chi connectivity index (χ3v) is 5.88. The van der Waals surface area contributed by atoms with Crippen LogP contribution in [0.3, 0.4) is 0 Å². The van der Waals surface area contributed by atoms with Crippen molar-refractivity contribution in [1.82, 2.24) is 15.1 Å². The molecule has 8 heteroatoms. The van der Waals surface area contributed by atoms with E-state index in [1.54, 1.807) is 35.2 Å². The molecule has 0 saturated carbocycles. The Bertz CT molecular complexity index is 1030. The molecule has 32 heavy (non-hydrogen) atoms. The highest BCUT2D eigenvalue weighted by Gasteiger charge is 2.34. The van der Waals surface area contributed by atoms with Crippen LogP contribution in [0.1, 0.15) is 56.8 Å². The summed E-state index contributed by atoms with van der Waals surface area (Å²) in [7, 11) is 0. The summed E-state index contributed by atoms with van der Waals surface area (Å²) < 4.78 is 13.4. The van der Waals surface area contributed by atoms with Crippen LogP contribution in [0.25, 0.3) is 0 Å². The number of amides is 4. The number of imide groups is 1. The first-order valence-electron chi connectivity index (χ1n) is 10.7. The van der Waals surface area contributed by atoms with Crippen LogP contribution in [-0.4, -0.2) is 59.1 Å². The molecule has 1 saturated heterocycles. The standard InChI is InChI=1S/C24H24FN3O4/c25-17-6-3-5-16(15-17)22(30)27-13-10-18(11-14-27)26-21(29)9-4-12-28-23(31)19-7-1-2-8-20(19)24(28)32/h1-3,5-8,15,18H,4,9-14H2,(H,26,29). The van der Waals surface area contributed by atoms with Crippen molar-refractivity contribution in [2.45, 2.75) is 31.7 Å². The summed E-state index contributed by atoms with van der Waals surface area (Å²) in [5, 5.41) is 2.97. The lowest BCUT2D eigenvalue weighted by Gasteiger charge is -2.32. The highest BCUT2D eigenvalue weighted by molar-refractivity contribution is 6.21. The molecule has 0 radical (unpaired) electrons. The normalized spacial score (nSPS) is 16.3. The van der Waals surface area contributed by atoms with Gasteiger partial charge >= 0.3 is 0 Å². The van der Waals surface area contributed by atoms with Gasteiger partial charge in [-0.1, -0.05) is 18.2 Å². The minimum atomic E-state index is -0.445. The van der Waals surface area contributed by atoms with E-state index in [2.05, 4.69) is 5.32 Å². The van der Waals surface area contributed by atoms with Crippen LogP contribution >= 0.6 is 0 Å². The van der Waals surface area contributed by atoms with Crippen molar-refractivity contribution < 1.29 is 23.6 Å². The predicted octanol–water partition coefficient (Wildman–Crippen LogP) is 2.62. The molecule has 0 aliphatic carbocycles. The molecule has 0 unspecified atom stereocenters. The Labute approximate surface area is 185 Å². The first-order chi connectivity index (χ1) is 15.4. The van der Waals surface area contributed by atoms with Gasteiger partial charge in [-0.15, -0.1) is 0 Å². The number of hydrogen-bond acceptors (Lipinski definition) is 4. The van der Waals surface area contributed by atoms with Gasteiger partial charge in [-0.05, 0) is 49.6 Å². The van der Waals surface area contributed by atoms with Gasteiger partial charge in [0.25, 0.3) is 17.7 Å². The molecule has 0 atom stereocenters. The molecule has 1 N–H and O–H groups in total. The lowest BCUT2D eigenvalue weighted by molar-refractivity contribution is -0.122. The summed E-state index contributed by atoms with van der Waals surface area (Å²) in [5.74, 6) is -1.44. The van der Waals surface area contributed by atoms with Gasteiger partial charge in [-0.25, -0.2) is 4.39 Å². The minimum Gasteiger partial charge on any atom is -0.353 e. The molecule has 4 amide bonds. The van der Waals surface area contributed by atoms with Gasteiger partial charge in [0, 0.05) is 37.7 Å². The van der Waals surface area contributed by atoms with Crippen molar-refractivity contribution in [2.75, 3.05) is 19.6 Å². The maximum atomic E-state index is 13.4. The van der Waals surface area contributed by atoms with Crippen LogP contribution in [0, 0.1) is 5.82 Å². The first kappa shape index (κ1) is 21.7. The Hall–Kier alpha value is -3.55. The van der Waals surface area contributed by atoms with Gasteiger partial charge in [-0.3, -0.25) is 24.1 Å². The van der Waals surface area contributed by atoms with E-state index in [0.717, 1.165) is 0 Å². The van der Waals surface area contributed by atoms with Crippen molar-refractivity contribution in [3.8, 4) is 0 Å². The van der Waals surface area contributed by atoms with Gasteiger partial charge < -0.3 is 10.2 Å². The minimum absolute atomic E-state index is 0.0432. The monoisotopic (exact) mass is 437 g/mol. The number of nitrogens with zero attached hydrogens (tertiary/aromatic N) is 2. The molecule has 2 heterocycles. The van der Waals surface area contributed by atoms with Crippen LogP contribution < -0.4 is 5.32 Å². The quantitative estimate of drug-likeness (QED) is 0.704. The number of carbonyl (C=O) groups excluding carboxylic acids is 4. The Balaban J connectivity index is 1.20. The van der Waals surface area contributed by atoms with Crippen molar-refractivity contribution in [3.05, 3.63) is 71.0 Å². The van der Waals surface area contributed by atoms with Crippen LogP contribution in [0.4, 0.5) is 4.39 Å². The molecule has 0 bridgehead atoms. The molecule has 2 aromatic rings. The van der Waals surface area contributed by atoms with E-state index in [1.165, 1.54) is 23.1 Å². The average Bonchev–Trinajstić information content (AvgIpc) is 3.04. The third-order valence-electron chi connectivity index (χ3n) is 5.88. The van der Waals surface area contributed by atoms with E-state index in [9.17, 15) is 23.6 Å². The second-order valence-corrected chi connectivity index (χ2v) is 8.06. The fourth-order valence-corrected chi connectivity index (χ4v) is 4.17. The molecule has 4 rings (SSSR count). The van der Waals surface area contributed by atoms with Gasteiger partial charge in [-0.2, -0.15) is 0 Å². The van der Waals surface area contributed by atoms with Gasteiger partial charge in [0.05, 0.1) is 11.1 Å². The van der Waals surface area contributed by atoms with Crippen LogP contribution in [0.2, 0.25) is 0 Å². The SMILES string of the molecule is O=C(CCCN1C(=O)c2ccccc2C1=O)NC1CCN(C(=O)c2cccc(F)c2)CC1. The second-order valence-electron chi connectivity index (χ2n) is 8.06. The Morgan fingerprint density at radius 2 is 1.62 bits per heavy atom. The summed E-state index contributed by atoms with van der Waals surface area (Å²) in [4.78, 5) is 52.4. The number of hydrogen-bond donors (Lipinski definition) is 1. The number of piperidine rings is 1. The molecule has 2 aliphatic rings. The molecule has 2 aromatic carbocycles. The topological polar surface area (TPSA) is 86.8 Å². The zero-order chi connectivity index (χ0) is 22.7. The zero-order valence-corrected chi connectivity index (χ0v) is 17.6. The fourth-order valence-electron chi connectivity index (χ4n) is 4.17. The predicted molar refractivity (Wildman–Crippen MR) is 115 cm³/mol. The molecule has 0 aromatic heterocycles. The van der Waals surface area contributed by atoms with Gasteiger partial charge in [0.2, 0.25) is 5.91 Å². The molecule has 166 valence electrons. The van der Waals surface area contributed by atoms with E-state index in [1.807, 2.05) is 0 Å². The van der Waals surface area contributed by atoms with E-state index >= 15 is 0 Å². The Kier molecular flexibility index (Phi) is 6.30. The summed E-state index contributed by atoms with van der Waals surface area (Å²) in [6.07, 6.45) is 1.82. The van der Waals surface area contributed by atoms with Crippen molar-refractivity contribution in [1.29, 1.82) is 0 Å². The van der Waals surface area contributed by atoms with Gasteiger partial charge in [0.15, 0.2) is 0 Å². The molecule has 0 spiro atoms. The molecular formula is C24H24FN3O4. The Morgan fingerprint density at radius 1 is 0.969 bits per heavy atom. The highest BCUT2D eigenvalue weighted by Crippen LogP contribution is 2.22. The van der Waals surface area contributed by atoms with E-state index in [-0.39, 0.29) is 42.6 Å². The van der Waals surface area contributed by atoms with Crippen molar-refractivity contribution in [2.24, 2.45) is 0 Å². The number of halogens is 1. The van der Waals surface area contributed by atoms with Crippen LogP contribution in [0.15, 0.2) is 48.5 Å². The smallest absolute Gasteiger partial charge is 0.261 e. The number of rotatable bonds is 6. The lowest BCUT2D eigenvalue weighted by atomic mass is 10.0. The largest absolute Gasteiger partial charge is 0.353 e. The third kappa shape index (κ3) is 4.54. The maximum absolute atomic E-state index is 13.4. The molecule has 1 fully saturated rings. The Morgan fingerprint density at radius 3 is 2.25 bits per heavy atom. The van der Waals surface area contributed by atoms with Gasteiger partial charge in [0.1, 0.15) is 5.82 Å². The highest BCUT2D eigenvalue weighted by atomic mass is 19.1. The lowest BCUT2D eigenvalue weighted by Crippen LogP contribution is -2.46. The second kappa shape index (κ2) is 9.30. The summed E-state index contributed by atoms with van der Waals surface area (Å²) in [5.41, 5.74) is 1.13. The number of likely N-dealkylation sites (tertiary alicyclic amines) is 1. The average molecular weight is 437 g/mol. The number of carbonyl (C=O) groups is 4. The summed E-state index contributed by atoms with van der Waals surface area (Å²) in [6, 6.07) is 12.3. The fraction of sp³-hybridized carbons (Fsp3) is 0.333. The van der Waals surface area contributed by atoms with E-state index in [0.29, 0.717) is 49.0 Å². The number of nitrogens with one attached hydrogen (secondary N) is 1. The molecular weight excluding hydrogens is 413 g/mol. The molecule has 2 aliphatic heterocycles. The van der Waals surface area contributed by atoms with E-state index in [4.69, 9.17) is 0 Å². The van der Waals surface area contributed by atoms with Crippen molar-refractivity contribution in [3.63, 3.8) is 0 Å². The molecule has 7 nitrogen and oxygen atoms in total. The summed E-state index contributed by atoms with van der Waals surface area (Å²) >= 11 is 0. The van der Waals surface area contributed by atoms with Crippen LogP contribution in [-0.2, 0) is 4.79 Å². The van der Waals surface area contributed by atoms with Crippen molar-refractivity contribution >= 4 is 23.6 Å². The number of fused-ring (bicyclic) bond motifs is 1. The zero-order valence-electron chi connectivity index (χ0n) is 17.6.